The molecule has 1 aliphatic carbocycles. The number of aromatic nitrogens is 3. The largest absolute Gasteiger partial charge is 0.383 e. The lowest BCUT2D eigenvalue weighted by atomic mass is 10.2. The molecule has 1 aliphatic rings. The third-order valence-electron chi connectivity index (χ3n) is 3.68. The van der Waals surface area contributed by atoms with Crippen LogP contribution in [0, 0.1) is 5.92 Å². The summed E-state index contributed by atoms with van der Waals surface area (Å²) >= 11 is 0. The Morgan fingerprint density at radius 3 is 3.17 bits per heavy atom. The smallest absolute Gasteiger partial charge is 0.132 e. The van der Waals surface area contributed by atoms with Crippen molar-refractivity contribution in [2.75, 3.05) is 5.73 Å². The number of hydrogen-bond donors (Lipinski definition) is 1. The lowest BCUT2D eigenvalue weighted by Gasteiger charge is -2.09. The molecule has 2 atom stereocenters. The second kappa shape index (κ2) is 4.44. The fourth-order valence-electron chi connectivity index (χ4n) is 2.66. The van der Waals surface area contributed by atoms with E-state index in [4.69, 9.17) is 5.73 Å². The van der Waals surface area contributed by atoms with E-state index in [9.17, 15) is 0 Å². The minimum atomic E-state index is 0.576. The summed E-state index contributed by atoms with van der Waals surface area (Å²) in [6.45, 7) is 2.24. The van der Waals surface area contributed by atoms with Crippen LogP contribution in [-0.2, 0) is 0 Å². The molecule has 3 rings (SSSR count). The van der Waals surface area contributed by atoms with E-state index in [0.29, 0.717) is 11.9 Å². The average molecular weight is 242 g/mol. The van der Waals surface area contributed by atoms with Gasteiger partial charge in [-0.3, -0.25) is 0 Å². The molecule has 0 aliphatic heterocycles. The molecule has 0 spiro atoms. The first-order valence-electron chi connectivity index (χ1n) is 6.54. The van der Waals surface area contributed by atoms with E-state index in [0.717, 1.165) is 17.2 Å². The first-order chi connectivity index (χ1) is 8.81. The van der Waals surface area contributed by atoms with E-state index in [2.05, 4.69) is 21.5 Å². The molecule has 0 radical (unpaired) electrons. The van der Waals surface area contributed by atoms with Crippen molar-refractivity contribution in [3.63, 3.8) is 0 Å². The molecule has 2 N–H and O–H groups in total. The van der Waals surface area contributed by atoms with Crippen LogP contribution in [0.5, 0.6) is 0 Å². The first kappa shape index (κ1) is 11.3. The highest BCUT2D eigenvalue weighted by Gasteiger charge is 2.38. The lowest BCUT2D eigenvalue weighted by molar-refractivity contribution is 0.611. The second-order valence-corrected chi connectivity index (χ2v) is 4.97. The van der Waals surface area contributed by atoms with E-state index in [1.807, 2.05) is 24.7 Å². The van der Waals surface area contributed by atoms with E-state index < -0.39 is 0 Å². The summed E-state index contributed by atoms with van der Waals surface area (Å²) in [7, 11) is 0. The molecule has 2 heterocycles. The molecule has 0 bridgehead atoms. The predicted molar refractivity (Wildman–Crippen MR) is 71.9 cm³/mol. The molecule has 0 aromatic carbocycles. The van der Waals surface area contributed by atoms with E-state index in [-0.39, 0.29) is 0 Å². The van der Waals surface area contributed by atoms with Crippen LogP contribution in [0.3, 0.4) is 0 Å². The molecule has 2 unspecified atom stereocenters. The summed E-state index contributed by atoms with van der Waals surface area (Å²) in [5, 5.41) is 0. The number of nitrogens with zero attached hydrogens (tertiary/aromatic N) is 3. The topological polar surface area (TPSA) is 56.7 Å². The van der Waals surface area contributed by atoms with Crippen LogP contribution >= 0.6 is 0 Å². The van der Waals surface area contributed by atoms with Gasteiger partial charge in [-0.15, -0.1) is 0 Å². The van der Waals surface area contributed by atoms with Gasteiger partial charge in [0, 0.05) is 17.8 Å². The summed E-state index contributed by atoms with van der Waals surface area (Å²) in [4.78, 5) is 8.42. The second-order valence-electron chi connectivity index (χ2n) is 4.97. The number of pyridine rings is 1. The highest BCUT2D eigenvalue weighted by Crippen LogP contribution is 2.48. The number of nitrogen functional groups attached to an aromatic ring is 1. The molecule has 0 amide bonds. The Hall–Kier alpha value is -1.84. The molecular formula is C14H18N4. The van der Waals surface area contributed by atoms with Crippen LogP contribution in [-0.4, -0.2) is 14.5 Å². The van der Waals surface area contributed by atoms with Crippen molar-refractivity contribution in [2.45, 2.75) is 32.2 Å². The monoisotopic (exact) mass is 242 g/mol. The summed E-state index contributed by atoms with van der Waals surface area (Å²) in [6.07, 6.45) is 9.33. The number of rotatable bonds is 4. The van der Waals surface area contributed by atoms with Crippen molar-refractivity contribution in [3.8, 4) is 11.3 Å². The summed E-state index contributed by atoms with van der Waals surface area (Å²) in [5.41, 5.74) is 8.01. The molecule has 1 saturated carbocycles. The molecule has 1 fully saturated rings. The van der Waals surface area contributed by atoms with Crippen molar-refractivity contribution in [2.24, 2.45) is 5.92 Å². The zero-order valence-electron chi connectivity index (χ0n) is 10.6. The van der Waals surface area contributed by atoms with Gasteiger partial charge in [0.2, 0.25) is 0 Å². The highest BCUT2D eigenvalue weighted by molar-refractivity contribution is 5.70. The summed E-state index contributed by atoms with van der Waals surface area (Å²) < 4.78 is 2.26. The molecule has 18 heavy (non-hydrogen) atoms. The van der Waals surface area contributed by atoms with Gasteiger partial charge in [0.1, 0.15) is 5.82 Å². The molecule has 94 valence electrons. The van der Waals surface area contributed by atoms with E-state index >= 15 is 0 Å². The maximum Gasteiger partial charge on any atom is 0.132 e. The van der Waals surface area contributed by atoms with Crippen LogP contribution < -0.4 is 5.73 Å². The standard InChI is InChI=1S/C14H18N4/c1-2-4-10-7-12(10)18-9-16-8-13(18)11-5-3-6-17-14(11)15/h3,5-6,8-10,12H,2,4,7H2,1H3,(H2,15,17). The number of nitrogens with two attached hydrogens (primary N) is 1. The van der Waals surface area contributed by atoms with Gasteiger partial charge in [-0.05, 0) is 30.9 Å². The SMILES string of the molecule is CCCC1CC1n1cncc1-c1cccnc1N. The summed E-state index contributed by atoms with van der Waals surface area (Å²) in [6, 6.07) is 4.52. The van der Waals surface area contributed by atoms with Gasteiger partial charge >= 0.3 is 0 Å². The Bertz CT molecular complexity index is 546. The Labute approximate surface area is 107 Å². The predicted octanol–water partition coefficient (Wildman–Crippen LogP) is 2.89. The maximum absolute atomic E-state index is 5.94. The molecule has 4 nitrogen and oxygen atoms in total. The number of imidazole rings is 1. The maximum atomic E-state index is 5.94. The molecule has 2 aromatic rings. The third-order valence-corrected chi connectivity index (χ3v) is 3.68. The zero-order valence-corrected chi connectivity index (χ0v) is 10.6. The van der Waals surface area contributed by atoms with Crippen LogP contribution in [0.2, 0.25) is 0 Å². The third kappa shape index (κ3) is 1.88. The van der Waals surface area contributed by atoms with Crippen LogP contribution in [0.4, 0.5) is 5.82 Å². The van der Waals surface area contributed by atoms with Gasteiger partial charge in [-0.2, -0.15) is 0 Å². The van der Waals surface area contributed by atoms with Gasteiger partial charge in [-0.1, -0.05) is 13.3 Å². The molecule has 4 heteroatoms. The van der Waals surface area contributed by atoms with Gasteiger partial charge in [0.05, 0.1) is 18.2 Å². The van der Waals surface area contributed by atoms with Crippen molar-refractivity contribution >= 4 is 5.82 Å². The number of hydrogen-bond acceptors (Lipinski definition) is 3. The van der Waals surface area contributed by atoms with Crippen molar-refractivity contribution < 1.29 is 0 Å². The van der Waals surface area contributed by atoms with Gasteiger partial charge in [0.25, 0.3) is 0 Å². The molecular weight excluding hydrogens is 224 g/mol. The van der Waals surface area contributed by atoms with Gasteiger partial charge in [0.15, 0.2) is 0 Å². The lowest BCUT2D eigenvalue weighted by Crippen LogP contribution is -2.00. The van der Waals surface area contributed by atoms with Gasteiger partial charge in [-0.25, -0.2) is 9.97 Å². The average Bonchev–Trinajstić information content (AvgIpc) is 2.97. The van der Waals surface area contributed by atoms with Crippen molar-refractivity contribution in [3.05, 3.63) is 30.9 Å². The summed E-state index contributed by atoms with van der Waals surface area (Å²) in [5.74, 6) is 1.38. The molecule has 0 saturated heterocycles. The Kier molecular flexibility index (Phi) is 2.78. The van der Waals surface area contributed by atoms with E-state index in [1.165, 1.54) is 19.3 Å². The Balaban J connectivity index is 1.91. The van der Waals surface area contributed by atoms with Crippen molar-refractivity contribution in [1.29, 1.82) is 0 Å². The fraction of sp³-hybridized carbons (Fsp3) is 0.429. The van der Waals surface area contributed by atoms with Crippen LogP contribution in [0.15, 0.2) is 30.9 Å². The van der Waals surface area contributed by atoms with Crippen molar-refractivity contribution in [1.82, 2.24) is 14.5 Å². The van der Waals surface area contributed by atoms with Crippen LogP contribution in [0.1, 0.15) is 32.2 Å². The minimum absolute atomic E-state index is 0.576. The normalized spacial score (nSPS) is 22.1. The van der Waals surface area contributed by atoms with Crippen LogP contribution in [0.25, 0.3) is 11.3 Å². The highest BCUT2D eigenvalue weighted by atomic mass is 15.1. The minimum Gasteiger partial charge on any atom is -0.383 e. The number of anilines is 1. The van der Waals surface area contributed by atoms with E-state index in [1.54, 1.807) is 6.20 Å². The zero-order chi connectivity index (χ0) is 12.5. The fourth-order valence-corrected chi connectivity index (χ4v) is 2.66. The Morgan fingerprint density at radius 1 is 1.50 bits per heavy atom. The van der Waals surface area contributed by atoms with Gasteiger partial charge < -0.3 is 10.3 Å². The Morgan fingerprint density at radius 2 is 2.39 bits per heavy atom. The quantitative estimate of drug-likeness (QED) is 0.896. The molecule has 2 aromatic heterocycles. The first-order valence-corrected chi connectivity index (χ1v) is 6.54.